The molecule has 0 aromatic carbocycles. The van der Waals surface area contributed by atoms with Crippen molar-refractivity contribution < 1.29 is 14.3 Å². The van der Waals surface area contributed by atoms with Gasteiger partial charge in [0, 0.05) is 5.69 Å². The van der Waals surface area contributed by atoms with Crippen molar-refractivity contribution in [3.05, 3.63) is 17.2 Å². The lowest BCUT2D eigenvalue weighted by Crippen LogP contribution is -2.29. The van der Waals surface area contributed by atoms with Crippen LogP contribution in [-0.4, -0.2) is 21.0 Å². The predicted molar refractivity (Wildman–Crippen MR) is 48.8 cm³/mol. The highest BCUT2D eigenvalue weighted by Crippen LogP contribution is 2.22. The van der Waals surface area contributed by atoms with Crippen molar-refractivity contribution in [1.82, 2.24) is 9.97 Å². The number of carboxylic acids is 1. The average Bonchev–Trinajstić information content (AvgIpc) is 2.47. The summed E-state index contributed by atoms with van der Waals surface area (Å²) in [6.45, 7) is 4.03. The zero-order valence-electron chi connectivity index (χ0n) is 8.39. The van der Waals surface area contributed by atoms with Gasteiger partial charge in [0.05, 0.1) is 5.69 Å². The number of aliphatic carboxylic acids is 1. The van der Waals surface area contributed by atoms with Crippen molar-refractivity contribution >= 4 is 5.97 Å². The van der Waals surface area contributed by atoms with E-state index in [1.54, 1.807) is 6.92 Å². The Balaban J connectivity index is 3.14. The van der Waals surface area contributed by atoms with Crippen LogP contribution in [0.25, 0.3) is 0 Å². The topological polar surface area (TPSA) is 66.0 Å². The van der Waals surface area contributed by atoms with E-state index in [2.05, 4.69) is 9.97 Å². The fourth-order valence-electron chi connectivity index (χ4n) is 1.02. The minimum Gasteiger partial charge on any atom is -0.481 e. The summed E-state index contributed by atoms with van der Waals surface area (Å²) >= 11 is 0. The second kappa shape index (κ2) is 3.40. The number of aryl methyl sites for hydroxylation is 1. The molecule has 4 nitrogen and oxygen atoms in total. The molecular formula is C9H13FN2O2. The summed E-state index contributed by atoms with van der Waals surface area (Å²) in [4.78, 5) is 17.6. The number of H-pyrrole nitrogens is 1. The van der Waals surface area contributed by atoms with Gasteiger partial charge in [0.2, 0.25) is 0 Å². The van der Waals surface area contributed by atoms with Crippen LogP contribution in [0.2, 0.25) is 0 Å². The largest absolute Gasteiger partial charge is 0.481 e. The van der Waals surface area contributed by atoms with E-state index >= 15 is 0 Å². The van der Waals surface area contributed by atoms with Gasteiger partial charge in [-0.1, -0.05) is 0 Å². The van der Waals surface area contributed by atoms with Crippen molar-refractivity contribution in [2.24, 2.45) is 0 Å². The first-order chi connectivity index (χ1) is 6.39. The molecule has 14 heavy (non-hydrogen) atoms. The van der Waals surface area contributed by atoms with Crippen molar-refractivity contribution in [3.63, 3.8) is 0 Å². The van der Waals surface area contributed by atoms with Crippen LogP contribution in [-0.2, 0) is 16.9 Å². The van der Waals surface area contributed by atoms with Gasteiger partial charge in [-0.05, 0) is 20.8 Å². The number of carboxylic acid groups (broad SMARTS) is 1. The number of hydrogen-bond acceptors (Lipinski definition) is 2. The van der Waals surface area contributed by atoms with Crippen LogP contribution in [0.3, 0.4) is 0 Å². The highest BCUT2D eigenvalue weighted by molar-refractivity contribution is 5.79. The van der Waals surface area contributed by atoms with E-state index in [-0.39, 0.29) is 11.5 Å². The van der Waals surface area contributed by atoms with E-state index in [1.807, 2.05) is 0 Å². The molecule has 0 aliphatic rings. The first kappa shape index (κ1) is 10.7. The Morgan fingerprint density at radius 2 is 2.21 bits per heavy atom. The number of halogens is 1. The highest BCUT2D eigenvalue weighted by atomic mass is 19.1. The van der Waals surface area contributed by atoms with Crippen molar-refractivity contribution in [1.29, 1.82) is 0 Å². The smallest absolute Gasteiger partial charge is 0.316 e. The first-order valence-corrected chi connectivity index (χ1v) is 4.25. The molecule has 0 fully saturated rings. The molecule has 0 amide bonds. The molecule has 1 heterocycles. The molecule has 0 radical (unpaired) electrons. The zero-order chi connectivity index (χ0) is 10.9. The quantitative estimate of drug-likeness (QED) is 0.777. The van der Waals surface area contributed by atoms with Gasteiger partial charge >= 0.3 is 5.97 Å². The van der Waals surface area contributed by atoms with Gasteiger partial charge < -0.3 is 10.1 Å². The summed E-state index contributed by atoms with van der Waals surface area (Å²) in [7, 11) is 0. The van der Waals surface area contributed by atoms with Gasteiger partial charge in [0.15, 0.2) is 0 Å². The summed E-state index contributed by atoms with van der Waals surface area (Å²) in [6, 6.07) is 0. The highest BCUT2D eigenvalue weighted by Gasteiger charge is 2.33. The number of hydrogen-bond donors (Lipinski definition) is 2. The van der Waals surface area contributed by atoms with Crippen molar-refractivity contribution in [2.75, 3.05) is 0 Å². The van der Waals surface area contributed by atoms with Gasteiger partial charge in [-0.3, -0.25) is 4.79 Å². The van der Waals surface area contributed by atoms with Crippen molar-refractivity contribution in [3.8, 4) is 0 Å². The Morgan fingerprint density at radius 3 is 2.57 bits per heavy atom. The van der Waals surface area contributed by atoms with Gasteiger partial charge in [-0.15, -0.1) is 0 Å². The first-order valence-electron chi connectivity index (χ1n) is 4.25. The van der Waals surface area contributed by atoms with E-state index in [0.717, 1.165) is 0 Å². The third-order valence-corrected chi connectivity index (χ3v) is 2.24. The SMILES string of the molecule is Cc1[nH]c(C(C)(C)C(=O)O)nc1CF. The molecule has 5 heteroatoms. The Kier molecular flexibility index (Phi) is 2.59. The number of nitrogens with zero attached hydrogens (tertiary/aromatic N) is 1. The normalized spacial score (nSPS) is 11.7. The lowest BCUT2D eigenvalue weighted by molar-refractivity contribution is -0.142. The fraction of sp³-hybridized carbons (Fsp3) is 0.556. The lowest BCUT2D eigenvalue weighted by atomic mass is 9.93. The Morgan fingerprint density at radius 1 is 1.64 bits per heavy atom. The monoisotopic (exact) mass is 200 g/mol. The Bertz CT molecular complexity index is 358. The lowest BCUT2D eigenvalue weighted by Gasteiger charge is -2.15. The number of aromatic nitrogens is 2. The van der Waals surface area contributed by atoms with E-state index < -0.39 is 18.1 Å². The molecule has 78 valence electrons. The number of alkyl halides is 1. The molecule has 1 rings (SSSR count). The predicted octanol–water partition coefficient (Wildman–Crippen LogP) is 1.55. The Hall–Kier alpha value is -1.39. The summed E-state index contributed by atoms with van der Waals surface area (Å²) in [5.74, 6) is -0.702. The van der Waals surface area contributed by atoms with Crippen LogP contribution in [0.15, 0.2) is 0 Å². The molecule has 0 bridgehead atoms. The minimum atomic E-state index is -1.11. The van der Waals surface area contributed by atoms with E-state index in [9.17, 15) is 9.18 Å². The summed E-state index contributed by atoms with van der Waals surface area (Å²) in [5, 5.41) is 8.91. The third kappa shape index (κ3) is 1.62. The van der Waals surface area contributed by atoms with Gasteiger partial charge in [-0.25, -0.2) is 9.37 Å². The second-order valence-electron chi connectivity index (χ2n) is 3.72. The number of nitrogens with one attached hydrogen (secondary N) is 1. The summed E-state index contributed by atoms with van der Waals surface area (Å²) in [5.41, 5.74) is -0.260. The molecular weight excluding hydrogens is 187 g/mol. The molecule has 0 unspecified atom stereocenters. The third-order valence-electron chi connectivity index (χ3n) is 2.24. The molecule has 0 saturated heterocycles. The minimum absolute atomic E-state index is 0.273. The standard InChI is InChI=1S/C9H13FN2O2/c1-5-6(4-10)12-7(11-5)9(2,3)8(13)14/h4H2,1-3H3,(H,11,12)(H,13,14). The van der Waals surface area contributed by atoms with Crippen molar-refractivity contribution in [2.45, 2.75) is 32.9 Å². The zero-order valence-corrected chi connectivity index (χ0v) is 8.39. The number of carbonyl (C=O) groups is 1. The fourth-order valence-corrected chi connectivity index (χ4v) is 1.02. The maximum Gasteiger partial charge on any atom is 0.316 e. The van der Waals surface area contributed by atoms with Gasteiger partial charge in [0.1, 0.15) is 17.9 Å². The van der Waals surface area contributed by atoms with Crippen LogP contribution in [0.1, 0.15) is 31.1 Å². The van der Waals surface area contributed by atoms with Gasteiger partial charge in [0.25, 0.3) is 0 Å². The van der Waals surface area contributed by atoms with Gasteiger partial charge in [-0.2, -0.15) is 0 Å². The molecule has 0 spiro atoms. The molecule has 2 N–H and O–H groups in total. The maximum atomic E-state index is 12.4. The number of aromatic amines is 1. The number of rotatable bonds is 3. The molecule has 0 aliphatic carbocycles. The molecule has 0 saturated carbocycles. The van der Waals surface area contributed by atoms with Crippen LogP contribution < -0.4 is 0 Å². The van der Waals surface area contributed by atoms with Crippen LogP contribution in [0.5, 0.6) is 0 Å². The summed E-state index contributed by atoms with van der Waals surface area (Å²) in [6.07, 6.45) is 0. The van der Waals surface area contributed by atoms with E-state index in [4.69, 9.17) is 5.11 Å². The molecule has 0 atom stereocenters. The molecule has 1 aromatic rings. The average molecular weight is 200 g/mol. The second-order valence-corrected chi connectivity index (χ2v) is 3.72. The van der Waals surface area contributed by atoms with E-state index in [0.29, 0.717) is 5.69 Å². The molecule has 0 aliphatic heterocycles. The van der Waals surface area contributed by atoms with Crippen LogP contribution in [0, 0.1) is 6.92 Å². The van der Waals surface area contributed by atoms with E-state index in [1.165, 1.54) is 13.8 Å². The van der Waals surface area contributed by atoms with Crippen LogP contribution in [0.4, 0.5) is 4.39 Å². The molecule has 1 aromatic heterocycles. The maximum absolute atomic E-state index is 12.4. The number of imidazole rings is 1. The Labute approximate surface area is 81.2 Å². The summed E-state index contributed by atoms with van der Waals surface area (Å²) < 4.78 is 12.4. The van der Waals surface area contributed by atoms with Crippen LogP contribution >= 0.6 is 0 Å².